The zero-order chi connectivity index (χ0) is 11.9. The summed E-state index contributed by atoms with van der Waals surface area (Å²) in [6, 6.07) is 4.25. The smallest absolute Gasteiger partial charge is 0.0859 e. The van der Waals surface area contributed by atoms with Crippen molar-refractivity contribution in [3.8, 4) is 0 Å². The first-order chi connectivity index (χ1) is 7.50. The van der Waals surface area contributed by atoms with Crippen LogP contribution in [0.3, 0.4) is 0 Å². The Hall–Kier alpha value is -0.600. The maximum Gasteiger partial charge on any atom is 0.0859 e. The molecule has 0 fully saturated rings. The van der Waals surface area contributed by atoms with Gasteiger partial charge in [-0.25, -0.2) is 0 Å². The van der Waals surface area contributed by atoms with Crippen molar-refractivity contribution in [2.24, 2.45) is 0 Å². The molecule has 2 aromatic rings. The second kappa shape index (κ2) is 4.34. The van der Waals surface area contributed by atoms with Crippen molar-refractivity contribution >= 4 is 38.4 Å². The maximum atomic E-state index is 6.31. The topological polar surface area (TPSA) is 12.9 Å². The Bertz CT molecular complexity index is 549. The molecule has 0 aliphatic heterocycles. The van der Waals surface area contributed by atoms with E-state index in [1.54, 1.807) is 0 Å². The van der Waals surface area contributed by atoms with Gasteiger partial charge >= 0.3 is 0 Å². The highest BCUT2D eigenvalue weighted by Gasteiger charge is 2.10. The monoisotopic (exact) mass is 297 g/mol. The largest absolute Gasteiger partial charge is 0.255 e. The molecule has 84 valence electrons. The van der Waals surface area contributed by atoms with Gasteiger partial charge in [0.1, 0.15) is 0 Å². The number of fused-ring (bicyclic) bond motifs is 1. The van der Waals surface area contributed by atoms with Crippen molar-refractivity contribution in [3.63, 3.8) is 0 Å². The molecule has 0 saturated carbocycles. The molecule has 0 aliphatic carbocycles. The molecule has 16 heavy (non-hydrogen) atoms. The minimum atomic E-state index is 0.484. The lowest BCUT2D eigenvalue weighted by Gasteiger charge is -2.10. The Labute approximate surface area is 109 Å². The Morgan fingerprint density at radius 1 is 1.31 bits per heavy atom. The molecule has 3 heteroatoms. The van der Waals surface area contributed by atoms with Crippen molar-refractivity contribution < 1.29 is 0 Å². The lowest BCUT2D eigenvalue weighted by atomic mass is 10.0. The second-order valence-electron chi connectivity index (χ2n) is 4.31. The van der Waals surface area contributed by atoms with Gasteiger partial charge in [-0.1, -0.05) is 25.4 Å². The van der Waals surface area contributed by atoms with Gasteiger partial charge < -0.3 is 0 Å². The summed E-state index contributed by atoms with van der Waals surface area (Å²) in [5.41, 5.74) is 3.22. The van der Waals surface area contributed by atoms with E-state index in [9.17, 15) is 0 Å². The number of rotatable bonds is 1. The normalized spacial score (nSPS) is 11.4. The van der Waals surface area contributed by atoms with Crippen LogP contribution in [0.4, 0.5) is 0 Å². The van der Waals surface area contributed by atoms with Gasteiger partial charge in [-0.15, -0.1) is 0 Å². The molecule has 2 rings (SSSR count). The van der Waals surface area contributed by atoms with Crippen molar-refractivity contribution in [3.05, 3.63) is 39.0 Å². The standard InChI is InChI=1S/C13H13BrClN/c1-7(2)9-4-10-12(15)8(3)6-16-13(10)11(14)5-9/h4-7H,1-3H3. The van der Waals surface area contributed by atoms with E-state index in [4.69, 9.17) is 11.6 Å². The molecule has 0 unspecified atom stereocenters. The Morgan fingerprint density at radius 3 is 2.62 bits per heavy atom. The van der Waals surface area contributed by atoms with E-state index < -0.39 is 0 Å². The summed E-state index contributed by atoms with van der Waals surface area (Å²) in [6.07, 6.45) is 1.81. The Morgan fingerprint density at radius 2 is 2.00 bits per heavy atom. The summed E-state index contributed by atoms with van der Waals surface area (Å²) < 4.78 is 1.01. The molecule has 1 aromatic heterocycles. The van der Waals surface area contributed by atoms with Crippen molar-refractivity contribution in [1.29, 1.82) is 0 Å². The fourth-order valence-corrected chi connectivity index (χ4v) is 2.46. The number of aryl methyl sites for hydroxylation is 1. The van der Waals surface area contributed by atoms with Gasteiger partial charge in [0.05, 0.1) is 10.5 Å². The van der Waals surface area contributed by atoms with Gasteiger partial charge in [0.15, 0.2) is 0 Å². The number of hydrogen-bond acceptors (Lipinski definition) is 1. The summed E-state index contributed by atoms with van der Waals surface area (Å²) in [4.78, 5) is 4.41. The molecular formula is C13H13BrClN. The summed E-state index contributed by atoms with van der Waals surface area (Å²) in [5, 5.41) is 1.83. The van der Waals surface area contributed by atoms with Gasteiger partial charge in [0, 0.05) is 16.1 Å². The van der Waals surface area contributed by atoms with Gasteiger partial charge in [0.25, 0.3) is 0 Å². The van der Waals surface area contributed by atoms with E-state index in [2.05, 4.69) is 46.9 Å². The minimum Gasteiger partial charge on any atom is -0.255 e. The quantitative estimate of drug-likeness (QED) is 0.715. The zero-order valence-electron chi connectivity index (χ0n) is 9.51. The molecule has 0 N–H and O–H groups in total. The highest BCUT2D eigenvalue weighted by Crippen LogP contribution is 2.33. The van der Waals surface area contributed by atoms with E-state index >= 15 is 0 Å². The average molecular weight is 299 g/mol. The third-order valence-corrected chi connectivity index (χ3v) is 3.83. The number of aromatic nitrogens is 1. The number of hydrogen-bond donors (Lipinski definition) is 0. The molecule has 0 aliphatic rings. The van der Waals surface area contributed by atoms with Crippen LogP contribution in [-0.4, -0.2) is 4.98 Å². The minimum absolute atomic E-state index is 0.484. The predicted octanol–water partition coefficient (Wildman–Crippen LogP) is 5.08. The molecule has 1 heterocycles. The van der Waals surface area contributed by atoms with E-state index in [1.807, 2.05) is 13.1 Å². The van der Waals surface area contributed by atoms with Gasteiger partial charge in [-0.05, 0) is 52.0 Å². The third kappa shape index (κ3) is 1.96. The summed E-state index contributed by atoms with van der Waals surface area (Å²) in [5.74, 6) is 0.484. The van der Waals surface area contributed by atoms with Gasteiger partial charge in [-0.3, -0.25) is 4.98 Å². The predicted molar refractivity (Wildman–Crippen MR) is 73.3 cm³/mol. The molecule has 1 nitrogen and oxygen atoms in total. The van der Waals surface area contributed by atoms with Crippen LogP contribution in [-0.2, 0) is 0 Å². The third-order valence-electron chi connectivity index (χ3n) is 2.72. The van der Waals surface area contributed by atoms with Crippen LogP contribution in [0.5, 0.6) is 0 Å². The van der Waals surface area contributed by atoms with Crippen LogP contribution in [0, 0.1) is 6.92 Å². The first-order valence-electron chi connectivity index (χ1n) is 5.25. The summed E-state index contributed by atoms with van der Waals surface area (Å²) in [6.45, 7) is 6.32. The van der Waals surface area contributed by atoms with Crippen molar-refractivity contribution in [1.82, 2.24) is 4.98 Å². The Balaban J connectivity index is 2.83. The molecule has 0 radical (unpaired) electrons. The number of nitrogens with zero attached hydrogens (tertiary/aromatic N) is 1. The van der Waals surface area contributed by atoms with Gasteiger partial charge in [0.2, 0.25) is 0 Å². The van der Waals surface area contributed by atoms with Crippen LogP contribution in [0.2, 0.25) is 5.02 Å². The molecule has 0 saturated heterocycles. The first-order valence-corrected chi connectivity index (χ1v) is 6.42. The molecular weight excluding hydrogens is 286 g/mol. The first kappa shape index (κ1) is 11.9. The second-order valence-corrected chi connectivity index (χ2v) is 5.54. The number of pyridine rings is 1. The van der Waals surface area contributed by atoms with E-state index in [-0.39, 0.29) is 0 Å². The Kier molecular flexibility index (Phi) is 3.22. The molecule has 1 aromatic carbocycles. The molecule has 0 atom stereocenters. The fraction of sp³-hybridized carbons (Fsp3) is 0.308. The van der Waals surface area contributed by atoms with E-state index in [0.717, 1.165) is 26.0 Å². The van der Waals surface area contributed by atoms with Gasteiger partial charge in [-0.2, -0.15) is 0 Å². The van der Waals surface area contributed by atoms with Crippen LogP contribution >= 0.6 is 27.5 Å². The highest BCUT2D eigenvalue weighted by molar-refractivity contribution is 9.10. The van der Waals surface area contributed by atoms with Crippen LogP contribution < -0.4 is 0 Å². The molecule has 0 spiro atoms. The van der Waals surface area contributed by atoms with Crippen LogP contribution in [0.15, 0.2) is 22.8 Å². The maximum absolute atomic E-state index is 6.31. The number of benzene rings is 1. The van der Waals surface area contributed by atoms with Crippen LogP contribution in [0.1, 0.15) is 30.9 Å². The summed E-state index contributed by atoms with van der Waals surface area (Å²) >= 11 is 9.87. The van der Waals surface area contributed by atoms with E-state index in [1.165, 1.54) is 5.56 Å². The lowest BCUT2D eigenvalue weighted by molar-refractivity contribution is 0.867. The number of halogens is 2. The van der Waals surface area contributed by atoms with E-state index in [0.29, 0.717) is 5.92 Å². The average Bonchev–Trinajstić information content (AvgIpc) is 2.23. The SMILES string of the molecule is Cc1cnc2c(Br)cc(C(C)C)cc2c1Cl. The molecule has 0 bridgehead atoms. The molecule has 0 amide bonds. The lowest BCUT2D eigenvalue weighted by Crippen LogP contribution is -1.91. The zero-order valence-corrected chi connectivity index (χ0v) is 11.9. The van der Waals surface area contributed by atoms with Crippen LogP contribution in [0.25, 0.3) is 10.9 Å². The van der Waals surface area contributed by atoms with Crippen molar-refractivity contribution in [2.45, 2.75) is 26.7 Å². The fourth-order valence-electron chi connectivity index (χ4n) is 1.68. The highest BCUT2D eigenvalue weighted by atomic mass is 79.9. The van der Waals surface area contributed by atoms with Crippen molar-refractivity contribution in [2.75, 3.05) is 0 Å². The summed E-state index contributed by atoms with van der Waals surface area (Å²) in [7, 11) is 0.